The van der Waals surface area contributed by atoms with Crippen molar-refractivity contribution in [2.24, 2.45) is 0 Å². The maximum Gasteiger partial charge on any atom is 0.272 e. The van der Waals surface area contributed by atoms with E-state index in [1.54, 1.807) is 6.07 Å². The summed E-state index contributed by atoms with van der Waals surface area (Å²) in [6.07, 6.45) is 1.35. The summed E-state index contributed by atoms with van der Waals surface area (Å²) in [5, 5.41) is 2.64. The molecule has 0 aliphatic carbocycles. The highest BCUT2D eigenvalue weighted by atomic mass is 35.5. The summed E-state index contributed by atoms with van der Waals surface area (Å²) in [5.74, 6) is 0.259. The van der Waals surface area contributed by atoms with Crippen LogP contribution in [0, 0.1) is 0 Å². The third-order valence-electron chi connectivity index (χ3n) is 3.50. The van der Waals surface area contributed by atoms with Gasteiger partial charge in [0.15, 0.2) is 5.82 Å². The summed E-state index contributed by atoms with van der Waals surface area (Å²) in [7, 11) is -3.76. The summed E-state index contributed by atoms with van der Waals surface area (Å²) in [6.45, 7) is 0. The molecule has 4 aromatic rings. The molecule has 4 rings (SSSR count). The van der Waals surface area contributed by atoms with E-state index in [0.29, 0.717) is 9.72 Å². The van der Waals surface area contributed by atoms with Crippen LogP contribution < -0.4 is 4.72 Å². The van der Waals surface area contributed by atoms with Crippen molar-refractivity contribution < 1.29 is 8.42 Å². The lowest BCUT2D eigenvalue weighted by Gasteiger charge is -2.08. The van der Waals surface area contributed by atoms with E-state index in [1.807, 2.05) is 35.7 Å². The maximum absolute atomic E-state index is 12.6. The van der Waals surface area contributed by atoms with Crippen LogP contribution in [0.5, 0.6) is 0 Å². The lowest BCUT2D eigenvalue weighted by atomic mass is 10.1. The molecule has 3 aromatic heterocycles. The standard InChI is InChI=1S/C16H10ClN3O2S3/c17-12-6-7-13(24-12)25(21,22)20-15-14-11(10-4-2-1-3-5-10)8-23-16(14)19-9-18-15/h1-9H,(H,18,19,20). The van der Waals surface area contributed by atoms with E-state index in [0.717, 1.165) is 27.3 Å². The van der Waals surface area contributed by atoms with Gasteiger partial charge in [0.2, 0.25) is 0 Å². The van der Waals surface area contributed by atoms with Crippen molar-refractivity contribution in [2.45, 2.75) is 4.21 Å². The predicted molar refractivity (Wildman–Crippen MR) is 103 cm³/mol. The lowest BCUT2D eigenvalue weighted by molar-refractivity contribution is 0.603. The second-order valence-electron chi connectivity index (χ2n) is 5.08. The van der Waals surface area contributed by atoms with Crippen LogP contribution in [0.15, 0.2) is 58.4 Å². The quantitative estimate of drug-likeness (QED) is 0.523. The van der Waals surface area contributed by atoms with Crippen LogP contribution in [0.3, 0.4) is 0 Å². The largest absolute Gasteiger partial charge is 0.272 e. The average Bonchev–Trinajstić information content (AvgIpc) is 3.23. The topological polar surface area (TPSA) is 72.0 Å². The van der Waals surface area contributed by atoms with E-state index in [9.17, 15) is 8.42 Å². The number of fused-ring (bicyclic) bond motifs is 1. The zero-order valence-electron chi connectivity index (χ0n) is 12.5. The lowest BCUT2D eigenvalue weighted by Crippen LogP contribution is -2.13. The minimum absolute atomic E-state index is 0.140. The van der Waals surface area contributed by atoms with Gasteiger partial charge in [0, 0.05) is 10.9 Å². The number of sulfonamides is 1. The van der Waals surface area contributed by atoms with Gasteiger partial charge in [-0.15, -0.1) is 22.7 Å². The first kappa shape index (κ1) is 16.5. The molecule has 0 aliphatic rings. The average molecular weight is 408 g/mol. The van der Waals surface area contributed by atoms with Crippen LogP contribution in [-0.4, -0.2) is 18.4 Å². The monoisotopic (exact) mass is 407 g/mol. The molecule has 0 atom stereocenters. The summed E-state index contributed by atoms with van der Waals surface area (Å²) in [6, 6.07) is 12.7. The smallest absolute Gasteiger partial charge is 0.262 e. The first-order chi connectivity index (χ1) is 12.0. The molecule has 0 saturated heterocycles. The molecule has 5 nitrogen and oxygen atoms in total. The highest BCUT2D eigenvalue weighted by Gasteiger charge is 2.21. The number of hydrogen-bond acceptors (Lipinski definition) is 6. The molecule has 1 N–H and O–H groups in total. The molecule has 126 valence electrons. The Bertz CT molecular complexity index is 1150. The van der Waals surface area contributed by atoms with E-state index in [2.05, 4.69) is 14.7 Å². The van der Waals surface area contributed by atoms with Crippen molar-refractivity contribution >= 4 is 60.3 Å². The molecule has 0 unspecified atom stereocenters. The number of hydrogen-bond donors (Lipinski definition) is 1. The molecule has 9 heteroatoms. The fourth-order valence-corrected chi connectivity index (χ4v) is 5.82. The molecule has 0 radical (unpaired) electrons. The number of nitrogens with one attached hydrogen (secondary N) is 1. The number of benzene rings is 1. The number of aromatic nitrogens is 2. The number of rotatable bonds is 4. The fourth-order valence-electron chi connectivity index (χ4n) is 2.40. The Balaban J connectivity index is 1.84. The minimum atomic E-state index is -3.76. The Kier molecular flexibility index (Phi) is 4.20. The Morgan fingerprint density at radius 1 is 1.04 bits per heavy atom. The molecule has 0 spiro atoms. The molecule has 0 aliphatic heterocycles. The zero-order chi connectivity index (χ0) is 17.4. The van der Waals surface area contributed by atoms with E-state index >= 15 is 0 Å². The first-order valence-electron chi connectivity index (χ1n) is 7.10. The Morgan fingerprint density at radius 3 is 2.56 bits per heavy atom. The van der Waals surface area contributed by atoms with Crippen LogP contribution in [0.25, 0.3) is 21.3 Å². The number of halogens is 1. The van der Waals surface area contributed by atoms with Crippen molar-refractivity contribution in [3.05, 3.63) is 58.5 Å². The second kappa shape index (κ2) is 6.38. The Morgan fingerprint density at radius 2 is 1.84 bits per heavy atom. The minimum Gasteiger partial charge on any atom is -0.262 e. The summed E-state index contributed by atoms with van der Waals surface area (Å²) >= 11 is 8.30. The summed E-state index contributed by atoms with van der Waals surface area (Å²) in [5.41, 5.74) is 1.87. The van der Waals surface area contributed by atoms with Crippen LogP contribution in [0.1, 0.15) is 0 Å². The molecular weight excluding hydrogens is 398 g/mol. The van der Waals surface area contributed by atoms with Gasteiger partial charge >= 0.3 is 0 Å². The Hall–Kier alpha value is -2.00. The SMILES string of the molecule is O=S(=O)(Nc1ncnc2scc(-c3ccccc3)c12)c1ccc(Cl)s1. The molecule has 0 bridgehead atoms. The maximum atomic E-state index is 12.6. The van der Waals surface area contributed by atoms with Crippen molar-refractivity contribution in [2.75, 3.05) is 4.72 Å². The molecular formula is C16H10ClN3O2S3. The van der Waals surface area contributed by atoms with Gasteiger partial charge in [-0.05, 0) is 17.7 Å². The van der Waals surface area contributed by atoms with E-state index < -0.39 is 10.0 Å². The molecule has 0 amide bonds. The van der Waals surface area contributed by atoms with Crippen LogP contribution >= 0.6 is 34.3 Å². The summed E-state index contributed by atoms with van der Waals surface area (Å²) in [4.78, 5) is 9.13. The van der Waals surface area contributed by atoms with Gasteiger partial charge in [0.1, 0.15) is 15.4 Å². The zero-order valence-corrected chi connectivity index (χ0v) is 15.7. The third kappa shape index (κ3) is 3.13. The van der Waals surface area contributed by atoms with Crippen LogP contribution in [0.2, 0.25) is 4.34 Å². The highest BCUT2D eigenvalue weighted by Crippen LogP contribution is 2.37. The van der Waals surface area contributed by atoms with Gasteiger partial charge in [-0.25, -0.2) is 18.4 Å². The molecule has 0 saturated carbocycles. The van der Waals surface area contributed by atoms with E-state index in [1.165, 1.54) is 23.7 Å². The van der Waals surface area contributed by atoms with Gasteiger partial charge in [0.05, 0.1) is 9.72 Å². The van der Waals surface area contributed by atoms with Crippen LogP contribution in [0.4, 0.5) is 5.82 Å². The number of thiophene rings is 2. The highest BCUT2D eigenvalue weighted by molar-refractivity contribution is 7.94. The third-order valence-corrected chi connectivity index (χ3v) is 7.45. The van der Waals surface area contributed by atoms with Crippen molar-refractivity contribution in [1.29, 1.82) is 0 Å². The molecule has 1 aromatic carbocycles. The van der Waals surface area contributed by atoms with Gasteiger partial charge in [-0.1, -0.05) is 41.9 Å². The second-order valence-corrected chi connectivity index (χ2v) is 9.56. The molecule has 25 heavy (non-hydrogen) atoms. The molecule has 0 fully saturated rings. The van der Waals surface area contributed by atoms with E-state index in [4.69, 9.17) is 11.6 Å². The summed E-state index contributed by atoms with van der Waals surface area (Å²) < 4.78 is 28.3. The molecule has 3 heterocycles. The van der Waals surface area contributed by atoms with Crippen molar-refractivity contribution in [3.8, 4) is 11.1 Å². The Labute approximate surface area is 157 Å². The normalized spacial score (nSPS) is 11.7. The van der Waals surface area contributed by atoms with Crippen molar-refractivity contribution in [1.82, 2.24) is 9.97 Å². The number of nitrogens with zero attached hydrogens (tertiary/aromatic N) is 2. The predicted octanol–water partition coefficient (Wildman–Crippen LogP) is 4.87. The van der Waals surface area contributed by atoms with Gasteiger partial charge in [-0.3, -0.25) is 4.72 Å². The van der Waals surface area contributed by atoms with Gasteiger partial charge < -0.3 is 0 Å². The van der Waals surface area contributed by atoms with Gasteiger partial charge in [0.25, 0.3) is 10.0 Å². The number of anilines is 1. The van der Waals surface area contributed by atoms with Crippen molar-refractivity contribution in [3.63, 3.8) is 0 Å². The van der Waals surface area contributed by atoms with E-state index in [-0.39, 0.29) is 10.0 Å². The van der Waals surface area contributed by atoms with Crippen LogP contribution in [-0.2, 0) is 10.0 Å². The van der Waals surface area contributed by atoms with Gasteiger partial charge in [-0.2, -0.15) is 0 Å². The first-order valence-corrected chi connectivity index (χ1v) is 10.7. The fraction of sp³-hybridized carbons (Fsp3) is 0.